The predicted molar refractivity (Wildman–Crippen MR) is 73.4 cm³/mol. The Labute approximate surface area is 115 Å². The molecule has 0 fully saturated rings. The molecule has 0 saturated carbocycles. The monoisotopic (exact) mass is 272 g/mol. The molecule has 0 aliphatic rings. The second-order valence-corrected chi connectivity index (χ2v) is 4.39. The van der Waals surface area contributed by atoms with Crippen LogP contribution in [0.2, 0.25) is 0 Å². The van der Waals surface area contributed by atoms with Crippen LogP contribution in [0, 0.1) is 5.82 Å². The van der Waals surface area contributed by atoms with Crippen molar-refractivity contribution in [2.75, 3.05) is 5.73 Å². The Bertz CT molecular complexity index is 729. The summed E-state index contributed by atoms with van der Waals surface area (Å²) in [5.41, 5.74) is 8.71. The first kappa shape index (κ1) is 12.5. The van der Waals surface area contributed by atoms with E-state index in [0.29, 0.717) is 11.3 Å². The van der Waals surface area contributed by atoms with Crippen molar-refractivity contribution in [1.29, 1.82) is 0 Å². The summed E-state index contributed by atoms with van der Waals surface area (Å²) in [7, 11) is 0. The summed E-state index contributed by atoms with van der Waals surface area (Å²) in [6.07, 6.45) is 2.34. The van der Waals surface area contributed by atoms with Gasteiger partial charge in [-0.2, -0.15) is 0 Å². The number of nitrogens with two attached hydrogens (primary N) is 1. The Morgan fingerprint density at radius 3 is 2.65 bits per heavy atom. The van der Waals surface area contributed by atoms with Crippen LogP contribution in [0.25, 0.3) is 22.4 Å². The minimum atomic E-state index is -0.303. The van der Waals surface area contributed by atoms with E-state index in [4.69, 9.17) is 14.7 Å². The van der Waals surface area contributed by atoms with Gasteiger partial charge in [-0.25, -0.2) is 4.39 Å². The van der Waals surface area contributed by atoms with E-state index in [1.54, 1.807) is 18.4 Å². The molecule has 0 saturated heterocycles. The number of nitrogen functional groups attached to an aromatic ring is 1. The van der Waals surface area contributed by atoms with Crippen LogP contribution in [0.3, 0.4) is 0 Å². The molecule has 102 valence electrons. The molecular weight excluding hydrogens is 259 g/mol. The van der Waals surface area contributed by atoms with Crippen LogP contribution in [0.5, 0.6) is 0 Å². The quantitative estimate of drug-likeness (QED) is 0.785. The van der Waals surface area contributed by atoms with E-state index < -0.39 is 0 Å². The summed E-state index contributed by atoms with van der Waals surface area (Å²) in [4.78, 5) is 0. The number of halogens is 1. The fourth-order valence-corrected chi connectivity index (χ4v) is 2.21. The highest BCUT2D eigenvalue weighted by molar-refractivity contribution is 5.87. The number of hydrogen-bond donors (Lipinski definition) is 1. The highest BCUT2D eigenvalue weighted by Gasteiger charge is 2.20. The molecular formula is C15H13FN2O2. The van der Waals surface area contributed by atoms with Crippen LogP contribution in [0.4, 0.5) is 10.3 Å². The third-order valence-electron chi connectivity index (χ3n) is 3.17. The van der Waals surface area contributed by atoms with Crippen molar-refractivity contribution >= 4 is 5.88 Å². The van der Waals surface area contributed by atoms with Crippen LogP contribution in [0.1, 0.15) is 12.7 Å². The molecule has 2 N–H and O–H groups in total. The van der Waals surface area contributed by atoms with Crippen molar-refractivity contribution in [3.63, 3.8) is 0 Å². The molecule has 2 heterocycles. The Hall–Kier alpha value is -2.56. The van der Waals surface area contributed by atoms with Gasteiger partial charge >= 0.3 is 0 Å². The lowest BCUT2D eigenvalue weighted by atomic mass is 10.0. The van der Waals surface area contributed by atoms with Gasteiger partial charge in [0.05, 0.1) is 11.8 Å². The lowest BCUT2D eigenvalue weighted by Gasteiger charge is -2.02. The van der Waals surface area contributed by atoms with Gasteiger partial charge in [-0.1, -0.05) is 24.2 Å². The summed E-state index contributed by atoms with van der Waals surface area (Å²) in [5.74, 6) is 0.708. The fourth-order valence-electron chi connectivity index (χ4n) is 2.21. The van der Waals surface area contributed by atoms with E-state index in [9.17, 15) is 4.39 Å². The minimum Gasteiger partial charge on any atom is -0.469 e. The van der Waals surface area contributed by atoms with E-state index in [1.165, 1.54) is 12.1 Å². The third kappa shape index (κ3) is 1.97. The molecule has 4 nitrogen and oxygen atoms in total. The minimum absolute atomic E-state index is 0.204. The third-order valence-corrected chi connectivity index (χ3v) is 3.17. The largest absolute Gasteiger partial charge is 0.469 e. The molecule has 0 atom stereocenters. The predicted octanol–water partition coefficient (Wildman–Crippen LogP) is 3.89. The maximum atomic E-state index is 13.0. The molecule has 20 heavy (non-hydrogen) atoms. The number of benzene rings is 1. The zero-order valence-corrected chi connectivity index (χ0v) is 10.9. The lowest BCUT2D eigenvalue weighted by Crippen LogP contribution is -1.89. The van der Waals surface area contributed by atoms with E-state index in [-0.39, 0.29) is 11.7 Å². The van der Waals surface area contributed by atoms with Crippen LogP contribution in [-0.4, -0.2) is 5.16 Å². The van der Waals surface area contributed by atoms with Crippen molar-refractivity contribution in [3.8, 4) is 22.4 Å². The molecule has 0 aliphatic carbocycles. The van der Waals surface area contributed by atoms with Gasteiger partial charge < -0.3 is 14.7 Å². The topological polar surface area (TPSA) is 65.2 Å². The van der Waals surface area contributed by atoms with Crippen molar-refractivity contribution in [1.82, 2.24) is 5.16 Å². The van der Waals surface area contributed by atoms with Crippen molar-refractivity contribution < 1.29 is 13.3 Å². The van der Waals surface area contributed by atoms with E-state index in [2.05, 4.69) is 5.16 Å². The van der Waals surface area contributed by atoms with Crippen LogP contribution in [-0.2, 0) is 6.42 Å². The summed E-state index contributed by atoms with van der Waals surface area (Å²) < 4.78 is 23.5. The first-order valence-electron chi connectivity index (χ1n) is 6.28. The van der Waals surface area contributed by atoms with E-state index >= 15 is 0 Å². The Morgan fingerprint density at radius 1 is 1.20 bits per heavy atom. The zero-order valence-electron chi connectivity index (χ0n) is 10.9. The van der Waals surface area contributed by atoms with Gasteiger partial charge in [0.25, 0.3) is 0 Å². The normalized spacial score (nSPS) is 10.9. The molecule has 3 aromatic rings. The highest BCUT2D eigenvalue weighted by atomic mass is 19.1. The Kier molecular flexibility index (Phi) is 3.02. The number of nitrogens with zero attached hydrogens (tertiary/aromatic N) is 1. The second kappa shape index (κ2) is 4.85. The van der Waals surface area contributed by atoms with Crippen molar-refractivity contribution in [3.05, 3.63) is 48.2 Å². The number of hydrogen-bond acceptors (Lipinski definition) is 4. The highest BCUT2D eigenvalue weighted by Crippen LogP contribution is 2.38. The number of aromatic nitrogens is 1. The van der Waals surface area contributed by atoms with E-state index in [0.717, 1.165) is 23.3 Å². The molecule has 0 bridgehead atoms. The van der Waals surface area contributed by atoms with Crippen molar-refractivity contribution in [2.45, 2.75) is 13.3 Å². The molecule has 0 radical (unpaired) electrons. The fraction of sp³-hybridized carbons (Fsp3) is 0.133. The molecule has 1 aromatic carbocycles. The molecule has 2 aromatic heterocycles. The number of rotatable bonds is 3. The van der Waals surface area contributed by atoms with Gasteiger partial charge in [0.2, 0.25) is 5.88 Å². The summed E-state index contributed by atoms with van der Waals surface area (Å²) in [5, 5.41) is 4.01. The van der Waals surface area contributed by atoms with Crippen LogP contribution < -0.4 is 5.73 Å². The van der Waals surface area contributed by atoms with Crippen LogP contribution >= 0.6 is 0 Å². The number of anilines is 1. The SMILES string of the molecule is CCc1occc1-c1noc(N)c1-c1ccc(F)cc1. The molecule has 0 unspecified atom stereocenters. The average molecular weight is 272 g/mol. The summed E-state index contributed by atoms with van der Waals surface area (Å²) >= 11 is 0. The van der Waals surface area contributed by atoms with Crippen molar-refractivity contribution in [2.24, 2.45) is 0 Å². The van der Waals surface area contributed by atoms with E-state index in [1.807, 2.05) is 13.0 Å². The van der Waals surface area contributed by atoms with Gasteiger partial charge in [0, 0.05) is 12.0 Å². The Balaban J connectivity index is 2.17. The average Bonchev–Trinajstić information content (AvgIpc) is 3.05. The molecule has 3 rings (SSSR count). The zero-order chi connectivity index (χ0) is 14.1. The van der Waals surface area contributed by atoms with Gasteiger partial charge in [-0.05, 0) is 23.8 Å². The first-order chi connectivity index (χ1) is 9.70. The molecule has 0 aliphatic heterocycles. The molecule has 5 heteroatoms. The maximum Gasteiger partial charge on any atom is 0.230 e. The van der Waals surface area contributed by atoms with Crippen LogP contribution in [0.15, 0.2) is 45.5 Å². The lowest BCUT2D eigenvalue weighted by molar-refractivity contribution is 0.439. The van der Waals surface area contributed by atoms with Gasteiger partial charge in [0.1, 0.15) is 17.3 Å². The van der Waals surface area contributed by atoms with Gasteiger partial charge in [0.15, 0.2) is 0 Å². The number of aryl methyl sites for hydroxylation is 1. The Morgan fingerprint density at radius 2 is 1.95 bits per heavy atom. The standard InChI is InChI=1S/C15H13FN2O2/c1-2-12-11(7-8-19-12)14-13(15(17)20-18-14)9-3-5-10(16)6-4-9/h3-8H,2,17H2,1H3. The smallest absolute Gasteiger partial charge is 0.230 e. The molecule has 0 spiro atoms. The second-order valence-electron chi connectivity index (χ2n) is 4.39. The summed E-state index contributed by atoms with van der Waals surface area (Å²) in [6.45, 7) is 1.99. The first-order valence-corrected chi connectivity index (χ1v) is 6.28. The number of furan rings is 1. The maximum absolute atomic E-state index is 13.0. The van der Waals surface area contributed by atoms with Gasteiger partial charge in [-0.15, -0.1) is 0 Å². The summed E-state index contributed by atoms with van der Waals surface area (Å²) in [6, 6.07) is 7.87. The molecule has 0 amide bonds. The van der Waals surface area contributed by atoms with Gasteiger partial charge in [-0.3, -0.25) is 0 Å².